The number of carbonyl (C=O) groups is 1. The van der Waals surface area contributed by atoms with Gasteiger partial charge in [0, 0.05) is 40.9 Å². The van der Waals surface area contributed by atoms with Crippen molar-refractivity contribution in [3.63, 3.8) is 0 Å². The van der Waals surface area contributed by atoms with Gasteiger partial charge in [0.2, 0.25) is 0 Å². The van der Waals surface area contributed by atoms with Crippen LogP contribution in [0.25, 0.3) is 0 Å². The van der Waals surface area contributed by atoms with Crippen LogP contribution in [-0.4, -0.2) is 54.5 Å². The lowest BCUT2D eigenvalue weighted by Crippen LogP contribution is -2.47. The molecule has 1 saturated carbocycles. The van der Waals surface area contributed by atoms with E-state index in [9.17, 15) is 9.90 Å². The van der Waals surface area contributed by atoms with E-state index in [2.05, 4.69) is 21.2 Å². The number of piperazine rings is 1. The van der Waals surface area contributed by atoms with Crippen molar-refractivity contribution in [2.45, 2.75) is 43.6 Å². The molecule has 1 saturated heterocycles. The third-order valence-electron chi connectivity index (χ3n) is 5.05. The summed E-state index contributed by atoms with van der Waals surface area (Å²) < 4.78 is 6.63. The van der Waals surface area contributed by atoms with Gasteiger partial charge < -0.3 is 20.1 Å². The summed E-state index contributed by atoms with van der Waals surface area (Å²) in [5.41, 5.74) is -0.772. The van der Waals surface area contributed by atoms with Gasteiger partial charge in [0.05, 0.1) is 11.5 Å². The number of amides is 1. The average Bonchev–Trinajstić information content (AvgIpc) is 3.02. The molecule has 1 atom stereocenters. The van der Waals surface area contributed by atoms with Crippen LogP contribution in [0.2, 0.25) is 0 Å². The first-order valence-electron chi connectivity index (χ1n) is 8.67. The molecule has 1 aromatic heterocycles. The zero-order valence-electron chi connectivity index (χ0n) is 13.8. The lowest BCUT2D eigenvalue weighted by molar-refractivity contribution is -0.0399. The SMILES string of the molecule is O=C(OCC(c1cc(Br)cs1)C1(O)CCCCC1)N1CCNCC1. The minimum atomic E-state index is -0.772. The largest absolute Gasteiger partial charge is 0.449 e. The molecule has 1 aromatic rings. The zero-order valence-corrected chi connectivity index (χ0v) is 16.2. The Hall–Kier alpha value is -0.630. The van der Waals surface area contributed by atoms with Crippen molar-refractivity contribution in [3.8, 4) is 0 Å². The molecular weight excluding hydrogens is 392 g/mol. The molecule has 1 unspecified atom stereocenters. The van der Waals surface area contributed by atoms with Crippen LogP contribution in [0.4, 0.5) is 4.79 Å². The number of carbonyl (C=O) groups excluding carboxylic acids is 1. The molecule has 5 nitrogen and oxygen atoms in total. The molecular formula is C17H25BrN2O3S. The minimum absolute atomic E-state index is 0.152. The highest BCUT2D eigenvalue weighted by atomic mass is 79.9. The van der Waals surface area contributed by atoms with E-state index in [0.717, 1.165) is 48.1 Å². The summed E-state index contributed by atoms with van der Waals surface area (Å²) in [4.78, 5) is 15.1. The third-order valence-corrected chi connectivity index (χ3v) is 6.86. The van der Waals surface area contributed by atoms with Gasteiger partial charge in [0.1, 0.15) is 6.61 Å². The van der Waals surface area contributed by atoms with Crippen LogP contribution >= 0.6 is 27.3 Å². The normalized spacial score (nSPS) is 22.2. The molecule has 2 aliphatic rings. The predicted octanol–water partition coefficient (Wildman–Crippen LogP) is 3.33. The van der Waals surface area contributed by atoms with Crippen molar-refractivity contribution in [1.29, 1.82) is 0 Å². The summed E-state index contributed by atoms with van der Waals surface area (Å²) in [5, 5.41) is 16.4. The summed E-state index contributed by atoms with van der Waals surface area (Å²) in [5.74, 6) is -0.152. The van der Waals surface area contributed by atoms with Gasteiger partial charge >= 0.3 is 6.09 Å². The monoisotopic (exact) mass is 416 g/mol. The predicted molar refractivity (Wildman–Crippen MR) is 98.6 cm³/mol. The third kappa shape index (κ3) is 4.31. The highest BCUT2D eigenvalue weighted by molar-refractivity contribution is 9.10. The first kappa shape index (κ1) is 18.2. The van der Waals surface area contributed by atoms with Crippen molar-refractivity contribution in [1.82, 2.24) is 10.2 Å². The average molecular weight is 417 g/mol. The molecule has 2 fully saturated rings. The van der Waals surface area contributed by atoms with E-state index >= 15 is 0 Å². The highest BCUT2D eigenvalue weighted by Gasteiger charge is 2.40. The lowest BCUT2D eigenvalue weighted by Gasteiger charge is -2.39. The van der Waals surface area contributed by atoms with E-state index in [4.69, 9.17) is 4.74 Å². The van der Waals surface area contributed by atoms with Crippen LogP contribution in [0.15, 0.2) is 15.9 Å². The van der Waals surface area contributed by atoms with E-state index in [1.165, 1.54) is 6.42 Å². The molecule has 1 aliphatic carbocycles. The second kappa shape index (κ2) is 8.17. The summed E-state index contributed by atoms with van der Waals surface area (Å²) in [6.45, 7) is 3.21. The maximum Gasteiger partial charge on any atom is 0.409 e. The molecule has 0 spiro atoms. The number of aliphatic hydroxyl groups is 1. The van der Waals surface area contributed by atoms with Crippen molar-refractivity contribution in [2.24, 2.45) is 0 Å². The number of nitrogens with one attached hydrogen (secondary N) is 1. The fourth-order valence-electron chi connectivity index (χ4n) is 3.62. The van der Waals surface area contributed by atoms with Crippen molar-refractivity contribution in [3.05, 3.63) is 20.8 Å². The smallest absolute Gasteiger partial charge is 0.409 e. The lowest BCUT2D eigenvalue weighted by atomic mass is 9.75. The van der Waals surface area contributed by atoms with Gasteiger partial charge in [-0.05, 0) is 34.8 Å². The fourth-order valence-corrected chi connectivity index (χ4v) is 5.26. The maximum absolute atomic E-state index is 12.3. The number of rotatable bonds is 4. The fraction of sp³-hybridized carbons (Fsp3) is 0.706. The molecule has 0 radical (unpaired) electrons. The van der Waals surface area contributed by atoms with Crippen LogP contribution in [-0.2, 0) is 4.74 Å². The second-order valence-electron chi connectivity index (χ2n) is 6.70. The van der Waals surface area contributed by atoms with Crippen molar-refractivity contribution >= 4 is 33.4 Å². The number of thiophene rings is 1. The molecule has 134 valence electrons. The molecule has 0 bridgehead atoms. The van der Waals surface area contributed by atoms with Gasteiger partial charge in [0.25, 0.3) is 0 Å². The van der Waals surface area contributed by atoms with E-state index in [1.54, 1.807) is 16.2 Å². The van der Waals surface area contributed by atoms with Crippen LogP contribution in [0.1, 0.15) is 42.9 Å². The molecule has 2 N–H and O–H groups in total. The van der Waals surface area contributed by atoms with E-state index in [1.807, 2.05) is 11.4 Å². The van der Waals surface area contributed by atoms with E-state index < -0.39 is 5.60 Å². The summed E-state index contributed by atoms with van der Waals surface area (Å²) in [6, 6.07) is 2.04. The maximum atomic E-state index is 12.3. The molecule has 7 heteroatoms. The molecule has 2 heterocycles. The molecule has 1 amide bonds. The second-order valence-corrected chi connectivity index (χ2v) is 8.56. The first-order chi connectivity index (χ1) is 11.6. The molecule has 24 heavy (non-hydrogen) atoms. The van der Waals surface area contributed by atoms with Crippen molar-refractivity contribution < 1.29 is 14.6 Å². The van der Waals surface area contributed by atoms with Crippen LogP contribution < -0.4 is 5.32 Å². The van der Waals surface area contributed by atoms with E-state index in [0.29, 0.717) is 13.1 Å². The Morgan fingerprint density at radius 1 is 1.38 bits per heavy atom. The number of hydrogen-bond acceptors (Lipinski definition) is 5. The molecule has 3 rings (SSSR count). The Morgan fingerprint density at radius 3 is 2.71 bits per heavy atom. The summed E-state index contributed by atoms with van der Waals surface area (Å²) >= 11 is 5.11. The Bertz CT molecular complexity index is 554. The Balaban J connectivity index is 1.69. The van der Waals surface area contributed by atoms with E-state index in [-0.39, 0.29) is 18.6 Å². The van der Waals surface area contributed by atoms with Crippen LogP contribution in [0, 0.1) is 0 Å². The minimum Gasteiger partial charge on any atom is -0.449 e. The molecule has 0 aromatic carbocycles. The van der Waals surface area contributed by atoms with Gasteiger partial charge in [-0.2, -0.15) is 0 Å². The van der Waals surface area contributed by atoms with Gasteiger partial charge in [-0.1, -0.05) is 19.3 Å². The first-order valence-corrected chi connectivity index (χ1v) is 10.3. The summed E-state index contributed by atoms with van der Waals surface area (Å²) in [6.07, 6.45) is 4.52. The van der Waals surface area contributed by atoms with Crippen LogP contribution in [0.5, 0.6) is 0 Å². The van der Waals surface area contributed by atoms with Gasteiger partial charge in [0.15, 0.2) is 0 Å². The highest BCUT2D eigenvalue weighted by Crippen LogP contribution is 2.42. The Kier molecular flexibility index (Phi) is 6.18. The number of halogens is 1. The topological polar surface area (TPSA) is 61.8 Å². The number of hydrogen-bond donors (Lipinski definition) is 2. The summed E-state index contributed by atoms with van der Waals surface area (Å²) in [7, 11) is 0. The number of nitrogens with zero attached hydrogens (tertiary/aromatic N) is 1. The van der Waals surface area contributed by atoms with Crippen molar-refractivity contribution in [2.75, 3.05) is 32.8 Å². The van der Waals surface area contributed by atoms with Crippen LogP contribution in [0.3, 0.4) is 0 Å². The Morgan fingerprint density at radius 2 is 2.08 bits per heavy atom. The van der Waals surface area contributed by atoms with Gasteiger partial charge in [-0.15, -0.1) is 11.3 Å². The zero-order chi connectivity index (χ0) is 17.0. The number of ether oxygens (including phenoxy) is 1. The Labute approximate surface area is 155 Å². The van der Waals surface area contributed by atoms with Gasteiger partial charge in [-0.25, -0.2) is 4.79 Å². The molecule has 1 aliphatic heterocycles. The quantitative estimate of drug-likeness (QED) is 0.789. The van der Waals surface area contributed by atoms with Gasteiger partial charge in [-0.3, -0.25) is 0 Å². The standard InChI is InChI=1S/C17H25BrN2O3S/c18-13-10-15(24-12-13)14(17(22)4-2-1-3-5-17)11-23-16(21)20-8-6-19-7-9-20/h10,12,14,19,22H,1-9,11H2.